The molecule has 7 heteroatoms. The van der Waals surface area contributed by atoms with Gasteiger partial charge in [0.2, 0.25) is 5.91 Å². The summed E-state index contributed by atoms with van der Waals surface area (Å²) in [6.07, 6.45) is -0.0267. The molecule has 0 aromatic rings. The third-order valence-corrected chi connectivity index (χ3v) is 2.56. The van der Waals surface area contributed by atoms with E-state index < -0.39 is 29.8 Å². The number of carboxylic acids is 2. The van der Waals surface area contributed by atoms with Crippen molar-refractivity contribution in [3.8, 4) is 0 Å². The van der Waals surface area contributed by atoms with Crippen LogP contribution in [0.4, 0.5) is 0 Å². The maximum absolute atomic E-state index is 11.9. The molecule has 1 amide bonds. The van der Waals surface area contributed by atoms with Crippen molar-refractivity contribution in [1.82, 2.24) is 10.6 Å². The number of carboxylic acid groups (broad SMARTS) is 2. The van der Waals surface area contributed by atoms with Gasteiger partial charge in [0.25, 0.3) is 0 Å². The van der Waals surface area contributed by atoms with E-state index in [2.05, 4.69) is 10.6 Å². The highest BCUT2D eigenvalue weighted by molar-refractivity contribution is 5.87. The average molecular weight is 274 g/mol. The summed E-state index contributed by atoms with van der Waals surface area (Å²) in [6, 6.07) is -0.986. The molecule has 7 nitrogen and oxygen atoms in total. The van der Waals surface area contributed by atoms with E-state index in [1.54, 1.807) is 7.05 Å². The van der Waals surface area contributed by atoms with Gasteiger partial charge in [-0.25, -0.2) is 4.79 Å². The number of carbonyl (C=O) groups is 3. The molecule has 0 spiro atoms. The maximum atomic E-state index is 11.9. The molecule has 0 saturated heterocycles. The van der Waals surface area contributed by atoms with E-state index >= 15 is 0 Å². The molecule has 2 unspecified atom stereocenters. The molecule has 0 fully saturated rings. The van der Waals surface area contributed by atoms with Crippen LogP contribution in [0, 0.1) is 11.8 Å². The lowest BCUT2D eigenvalue weighted by molar-refractivity contribution is -0.144. The van der Waals surface area contributed by atoms with Gasteiger partial charge in [0.1, 0.15) is 6.04 Å². The summed E-state index contributed by atoms with van der Waals surface area (Å²) in [7, 11) is 1.60. The summed E-state index contributed by atoms with van der Waals surface area (Å²) in [5.74, 6) is -3.42. The Balaban J connectivity index is 4.65. The number of carbonyl (C=O) groups excluding carboxylic acids is 1. The van der Waals surface area contributed by atoms with Gasteiger partial charge in [-0.3, -0.25) is 9.59 Å². The largest absolute Gasteiger partial charge is 0.481 e. The lowest BCUT2D eigenvalue weighted by atomic mass is 10.0. The summed E-state index contributed by atoms with van der Waals surface area (Å²) in [4.78, 5) is 33.6. The molecule has 0 rings (SSSR count). The summed E-state index contributed by atoms with van der Waals surface area (Å²) in [5.41, 5.74) is 0. The molecule has 0 heterocycles. The molecule has 2 atom stereocenters. The van der Waals surface area contributed by atoms with Crippen molar-refractivity contribution < 1.29 is 24.6 Å². The fraction of sp³-hybridized carbons (Fsp3) is 0.750. The minimum absolute atomic E-state index is 0.114. The predicted molar refractivity (Wildman–Crippen MR) is 68.7 cm³/mol. The minimum Gasteiger partial charge on any atom is -0.481 e. The Morgan fingerprint density at radius 1 is 1.16 bits per heavy atom. The molecule has 0 aromatic carbocycles. The van der Waals surface area contributed by atoms with Crippen LogP contribution < -0.4 is 10.6 Å². The standard InChI is InChI=1S/C12H22N2O5/c1-7(2)4-9(12(18)19)14-11(17)8(6-13-3)5-10(15)16/h7-9,13H,4-6H2,1-3H3,(H,14,17)(H,15,16)(H,18,19). The van der Waals surface area contributed by atoms with Crippen LogP contribution in [0.2, 0.25) is 0 Å². The van der Waals surface area contributed by atoms with E-state index in [1.165, 1.54) is 0 Å². The van der Waals surface area contributed by atoms with Gasteiger partial charge in [-0.2, -0.15) is 0 Å². The monoisotopic (exact) mass is 274 g/mol. The van der Waals surface area contributed by atoms with Crippen LogP contribution in [0.15, 0.2) is 0 Å². The van der Waals surface area contributed by atoms with Gasteiger partial charge >= 0.3 is 11.9 Å². The molecule has 0 saturated carbocycles. The summed E-state index contributed by atoms with van der Waals surface area (Å²) in [6.45, 7) is 3.89. The highest BCUT2D eigenvalue weighted by atomic mass is 16.4. The van der Waals surface area contributed by atoms with Gasteiger partial charge in [0, 0.05) is 6.54 Å². The van der Waals surface area contributed by atoms with Crippen LogP contribution in [0.3, 0.4) is 0 Å². The number of amides is 1. The maximum Gasteiger partial charge on any atom is 0.326 e. The van der Waals surface area contributed by atoms with Crippen LogP contribution in [0.1, 0.15) is 26.7 Å². The molecule has 0 bridgehead atoms. The van der Waals surface area contributed by atoms with Crippen LogP contribution in [-0.2, 0) is 14.4 Å². The molecule has 4 N–H and O–H groups in total. The molecule has 0 aliphatic heterocycles. The first kappa shape index (κ1) is 17.4. The quantitative estimate of drug-likeness (QED) is 0.467. The lowest BCUT2D eigenvalue weighted by Crippen LogP contribution is -2.46. The molecule has 19 heavy (non-hydrogen) atoms. The van der Waals surface area contributed by atoms with Crippen molar-refractivity contribution in [2.75, 3.05) is 13.6 Å². The topological polar surface area (TPSA) is 116 Å². The number of hydrogen-bond donors (Lipinski definition) is 4. The third kappa shape index (κ3) is 7.40. The van der Waals surface area contributed by atoms with Crippen LogP contribution >= 0.6 is 0 Å². The molecule has 0 radical (unpaired) electrons. The van der Waals surface area contributed by atoms with Gasteiger partial charge in [0.05, 0.1) is 12.3 Å². The van der Waals surface area contributed by atoms with Crippen molar-refractivity contribution in [2.24, 2.45) is 11.8 Å². The van der Waals surface area contributed by atoms with Crippen molar-refractivity contribution in [3.05, 3.63) is 0 Å². The fourth-order valence-corrected chi connectivity index (χ4v) is 1.70. The lowest BCUT2D eigenvalue weighted by Gasteiger charge is -2.20. The number of hydrogen-bond acceptors (Lipinski definition) is 4. The van der Waals surface area contributed by atoms with Crippen molar-refractivity contribution in [3.63, 3.8) is 0 Å². The normalized spacial score (nSPS) is 13.9. The van der Waals surface area contributed by atoms with E-state index in [0.29, 0.717) is 6.42 Å². The zero-order valence-electron chi connectivity index (χ0n) is 11.5. The first-order chi connectivity index (χ1) is 8.77. The molecule has 0 aromatic heterocycles. The second-order valence-corrected chi connectivity index (χ2v) is 4.88. The van der Waals surface area contributed by atoms with E-state index in [-0.39, 0.29) is 18.9 Å². The molecular weight excluding hydrogens is 252 g/mol. The SMILES string of the molecule is CNCC(CC(=O)O)C(=O)NC(CC(C)C)C(=O)O. The Kier molecular flexibility index (Phi) is 7.74. The average Bonchev–Trinajstić information content (AvgIpc) is 2.26. The Morgan fingerprint density at radius 3 is 2.11 bits per heavy atom. The summed E-state index contributed by atoms with van der Waals surface area (Å²) < 4.78 is 0. The summed E-state index contributed by atoms with van der Waals surface area (Å²) >= 11 is 0. The van der Waals surface area contributed by atoms with Gasteiger partial charge in [-0.15, -0.1) is 0 Å². The Hall–Kier alpha value is -1.63. The van der Waals surface area contributed by atoms with Crippen LogP contribution in [0.5, 0.6) is 0 Å². The zero-order valence-corrected chi connectivity index (χ0v) is 11.5. The molecule has 0 aliphatic carbocycles. The van der Waals surface area contributed by atoms with Crippen LogP contribution in [-0.4, -0.2) is 47.7 Å². The van der Waals surface area contributed by atoms with Gasteiger partial charge in [-0.1, -0.05) is 13.8 Å². The highest BCUT2D eigenvalue weighted by Gasteiger charge is 2.26. The number of nitrogens with one attached hydrogen (secondary N) is 2. The van der Waals surface area contributed by atoms with E-state index in [1.807, 2.05) is 13.8 Å². The van der Waals surface area contributed by atoms with Gasteiger partial charge < -0.3 is 20.8 Å². The second-order valence-electron chi connectivity index (χ2n) is 4.88. The van der Waals surface area contributed by atoms with E-state index in [4.69, 9.17) is 10.2 Å². The van der Waals surface area contributed by atoms with E-state index in [9.17, 15) is 14.4 Å². The van der Waals surface area contributed by atoms with E-state index in [0.717, 1.165) is 0 Å². The Morgan fingerprint density at radius 2 is 1.74 bits per heavy atom. The van der Waals surface area contributed by atoms with Gasteiger partial charge in [0.15, 0.2) is 0 Å². The first-order valence-electron chi connectivity index (χ1n) is 6.17. The van der Waals surface area contributed by atoms with Crippen molar-refractivity contribution in [1.29, 1.82) is 0 Å². The summed E-state index contributed by atoms with van der Waals surface area (Å²) in [5, 5.41) is 22.9. The molecule has 0 aliphatic rings. The third-order valence-electron chi connectivity index (χ3n) is 2.56. The second kappa shape index (κ2) is 8.47. The highest BCUT2D eigenvalue weighted by Crippen LogP contribution is 2.08. The van der Waals surface area contributed by atoms with Crippen LogP contribution in [0.25, 0.3) is 0 Å². The Bertz CT molecular complexity index is 330. The zero-order chi connectivity index (χ0) is 15.0. The fourth-order valence-electron chi connectivity index (χ4n) is 1.70. The number of aliphatic carboxylic acids is 2. The molecule has 110 valence electrons. The number of rotatable bonds is 9. The Labute approximate surface area is 112 Å². The first-order valence-corrected chi connectivity index (χ1v) is 6.17. The molecular formula is C12H22N2O5. The predicted octanol–water partition coefficient (Wildman–Crippen LogP) is -0.0878. The van der Waals surface area contributed by atoms with Crippen molar-refractivity contribution >= 4 is 17.8 Å². The van der Waals surface area contributed by atoms with Gasteiger partial charge in [-0.05, 0) is 19.4 Å². The van der Waals surface area contributed by atoms with Crippen molar-refractivity contribution in [2.45, 2.75) is 32.7 Å². The minimum atomic E-state index is -1.11. The smallest absolute Gasteiger partial charge is 0.326 e.